The summed E-state index contributed by atoms with van der Waals surface area (Å²) in [5, 5.41) is 6.60. The Bertz CT molecular complexity index is 200. The minimum absolute atomic E-state index is 0.209. The molecule has 1 aliphatic rings. The monoisotopic (exact) mass is 199 g/mol. The number of amides is 1. The van der Waals surface area contributed by atoms with Crippen LogP contribution in [0.5, 0.6) is 0 Å². The zero-order valence-electron chi connectivity index (χ0n) is 9.10. The van der Waals surface area contributed by atoms with Gasteiger partial charge in [-0.25, -0.2) is 0 Å². The molecule has 1 unspecified atom stereocenters. The van der Waals surface area contributed by atoms with E-state index in [2.05, 4.69) is 24.5 Å². The van der Waals surface area contributed by atoms with Crippen molar-refractivity contribution in [1.29, 1.82) is 0 Å². The summed E-state index contributed by atoms with van der Waals surface area (Å²) < 4.78 is 0. The van der Waals surface area contributed by atoms with Crippen LogP contribution in [0.4, 0.5) is 0 Å². The molecular weight excluding hydrogens is 178 g/mol. The minimum atomic E-state index is -0.472. The summed E-state index contributed by atoms with van der Waals surface area (Å²) in [7, 11) is 0. The molecule has 0 bridgehead atoms. The maximum atomic E-state index is 11.5. The molecule has 0 saturated carbocycles. The van der Waals surface area contributed by atoms with E-state index < -0.39 is 5.54 Å². The summed E-state index contributed by atoms with van der Waals surface area (Å²) in [5.41, 5.74) is 5.00. The van der Waals surface area contributed by atoms with Crippen molar-refractivity contribution in [2.45, 2.75) is 44.7 Å². The fourth-order valence-electron chi connectivity index (χ4n) is 1.89. The van der Waals surface area contributed by atoms with Crippen LogP contribution in [0.1, 0.15) is 33.1 Å². The SMILES string of the molecule is CCC(C)NC1(C(N)=O)CCNCC1. The molecule has 1 rings (SSSR count). The van der Waals surface area contributed by atoms with E-state index in [9.17, 15) is 4.79 Å². The molecule has 0 aromatic carbocycles. The summed E-state index contributed by atoms with van der Waals surface area (Å²) in [4.78, 5) is 11.5. The Kier molecular flexibility index (Phi) is 3.89. The fraction of sp³-hybridized carbons (Fsp3) is 0.900. The van der Waals surface area contributed by atoms with E-state index in [0.29, 0.717) is 6.04 Å². The van der Waals surface area contributed by atoms with E-state index in [1.807, 2.05) is 0 Å². The predicted molar refractivity (Wildman–Crippen MR) is 56.9 cm³/mol. The number of carbonyl (C=O) groups excluding carboxylic acids is 1. The first-order chi connectivity index (χ1) is 6.60. The van der Waals surface area contributed by atoms with Crippen LogP contribution in [0, 0.1) is 0 Å². The highest BCUT2D eigenvalue weighted by molar-refractivity contribution is 5.84. The van der Waals surface area contributed by atoms with Crippen LogP contribution in [0.25, 0.3) is 0 Å². The zero-order chi connectivity index (χ0) is 10.6. The van der Waals surface area contributed by atoms with Gasteiger partial charge in [0.15, 0.2) is 0 Å². The van der Waals surface area contributed by atoms with Gasteiger partial charge in [0, 0.05) is 6.04 Å². The Balaban J connectivity index is 2.65. The highest BCUT2D eigenvalue weighted by Crippen LogP contribution is 2.19. The van der Waals surface area contributed by atoms with Gasteiger partial charge in [0.25, 0.3) is 0 Å². The Labute approximate surface area is 85.6 Å². The van der Waals surface area contributed by atoms with Gasteiger partial charge in [-0.3, -0.25) is 4.79 Å². The lowest BCUT2D eigenvalue weighted by atomic mass is 9.86. The van der Waals surface area contributed by atoms with Gasteiger partial charge in [-0.2, -0.15) is 0 Å². The van der Waals surface area contributed by atoms with Gasteiger partial charge in [0.1, 0.15) is 5.54 Å². The van der Waals surface area contributed by atoms with E-state index in [-0.39, 0.29) is 5.91 Å². The van der Waals surface area contributed by atoms with Crippen LogP contribution in [-0.4, -0.2) is 30.6 Å². The van der Waals surface area contributed by atoms with Crippen LogP contribution in [-0.2, 0) is 4.79 Å². The molecule has 1 aliphatic heterocycles. The van der Waals surface area contributed by atoms with Gasteiger partial charge in [-0.1, -0.05) is 6.92 Å². The summed E-state index contributed by atoms with van der Waals surface area (Å²) in [6.45, 7) is 5.93. The van der Waals surface area contributed by atoms with Crippen molar-refractivity contribution < 1.29 is 4.79 Å². The van der Waals surface area contributed by atoms with Gasteiger partial charge in [0.2, 0.25) is 5.91 Å². The average molecular weight is 199 g/mol. The van der Waals surface area contributed by atoms with Crippen molar-refractivity contribution in [3.8, 4) is 0 Å². The van der Waals surface area contributed by atoms with Crippen LogP contribution in [0.2, 0.25) is 0 Å². The number of primary amides is 1. The molecule has 0 radical (unpaired) electrons. The summed E-state index contributed by atoms with van der Waals surface area (Å²) in [6, 6.07) is 0.348. The van der Waals surface area contributed by atoms with Gasteiger partial charge >= 0.3 is 0 Å². The lowest BCUT2D eigenvalue weighted by Crippen LogP contribution is -2.62. The molecule has 1 amide bonds. The molecule has 14 heavy (non-hydrogen) atoms. The third-order valence-electron chi connectivity index (χ3n) is 3.06. The third-order valence-corrected chi connectivity index (χ3v) is 3.06. The predicted octanol–water partition coefficient (Wildman–Crippen LogP) is -0.0180. The largest absolute Gasteiger partial charge is 0.368 e. The average Bonchev–Trinajstić information content (AvgIpc) is 2.19. The highest BCUT2D eigenvalue weighted by Gasteiger charge is 2.38. The van der Waals surface area contributed by atoms with Crippen LogP contribution in [0.15, 0.2) is 0 Å². The van der Waals surface area contributed by atoms with Gasteiger partial charge in [-0.05, 0) is 39.3 Å². The van der Waals surface area contributed by atoms with Gasteiger partial charge in [-0.15, -0.1) is 0 Å². The molecule has 0 spiro atoms. The Morgan fingerprint density at radius 3 is 2.57 bits per heavy atom. The molecule has 0 aromatic heterocycles. The van der Waals surface area contributed by atoms with E-state index in [4.69, 9.17) is 5.73 Å². The standard InChI is InChI=1S/C10H21N3O/c1-3-8(2)13-10(9(11)14)4-6-12-7-5-10/h8,12-13H,3-7H2,1-2H3,(H2,11,14). The molecule has 1 saturated heterocycles. The lowest BCUT2D eigenvalue weighted by molar-refractivity contribution is -0.125. The fourth-order valence-corrected chi connectivity index (χ4v) is 1.89. The van der Waals surface area contributed by atoms with E-state index >= 15 is 0 Å². The molecule has 1 atom stereocenters. The molecule has 0 aliphatic carbocycles. The first-order valence-corrected chi connectivity index (χ1v) is 5.39. The third kappa shape index (κ3) is 2.45. The maximum absolute atomic E-state index is 11.5. The van der Waals surface area contributed by atoms with E-state index in [0.717, 1.165) is 32.4 Å². The first kappa shape index (κ1) is 11.5. The minimum Gasteiger partial charge on any atom is -0.368 e. The number of carbonyl (C=O) groups is 1. The van der Waals surface area contributed by atoms with Crippen molar-refractivity contribution in [3.63, 3.8) is 0 Å². The summed E-state index contributed by atoms with van der Waals surface area (Å²) in [6.07, 6.45) is 2.61. The number of rotatable bonds is 4. The second-order valence-corrected chi connectivity index (χ2v) is 4.15. The van der Waals surface area contributed by atoms with Crippen molar-refractivity contribution in [1.82, 2.24) is 10.6 Å². The summed E-state index contributed by atoms with van der Waals surface area (Å²) >= 11 is 0. The molecule has 4 nitrogen and oxygen atoms in total. The molecule has 1 fully saturated rings. The quantitative estimate of drug-likeness (QED) is 0.596. The first-order valence-electron chi connectivity index (χ1n) is 5.39. The Morgan fingerprint density at radius 2 is 2.14 bits per heavy atom. The van der Waals surface area contributed by atoms with Crippen molar-refractivity contribution in [2.75, 3.05) is 13.1 Å². The van der Waals surface area contributed by atoms with Crippen molar-refractivity contribution in [3.05, 3.63) is 0 Å². The second kappa shape index (κ2) is 4.75. The zero-order valence-corrected chi connectivity index (χ0v) is 9.10. The number of hydrogen-bond acceptors (Lipinski definition) is 3. The molecule has 82 valence electrons. The molecule has 1 heterocycles. The molecule has 4 heteroatoms. The Morgan fingerprint density at radius 1 is 1.57 bits per heavy atom. The van der Waals surface area contributed by atoms with E-state index in [1.165, 1.54) is 0 Å². The molecule has 4 N–H and O–H groups in total. The second-order valence-electron chi connectivity index (χ2n) is 4.15. The Hall–Kier alpha value is -0.610. The molecular formula is C10H21N3O. The number of hydrogen-bond donors (Lipinski definition) is 3. The molecule has 0 aromatic rings. The maximum Gasteiger partial charge on any atom is 0.237 e. The lowest BCUT2D eigenvalue weighted by Gasteiger charge is -2.37. The highest BCUT2D eigenvalue weighted by atomic mass is 16.1. The smallest absolute Gasteiger partial charge is 0.237 e. The van der Waals surface area contributed by atoms with Crippen molar-refractivity contribution in [2.24, 2.45) is 5.73 Å². The topological polar surface area (TPSA) is 67.1 Å². The normalized spacial score (nSPS) is 23.0. The number of piperidine rings is 1. The van der Waals surface area contributed by atoms with E-state index in [1.54, 1.807) is 0 Å². The van der Waals surface area contributed by atoms with Crippen LogP contribution < -0.4 is 16.4 Å². The number of nitrogens with two attached hydrogens (primary N) is 1. The van der Waals surface area contributed by atoms with Crippen LogP contribution in [0.3, 0.4) is 0 Å². The summed E-state index contributed by atoms with van der Waals surface area (Å²) in [5.74, 6) is -0.209. The number of nitrogens with one attached hydrogen (secondary N) is 2. The van der Waals surface area contributed by atoms with Gasteiger partial charge in [0.05, 0.1) is 0 Å². The van der Waals surface area contributed by atoms with Gasteiger partial charge < -0.3 is 16.4 Å². The van der Waals surface area contributed by atoms with Crippen molar-refractivity contribution >= 4 is 5.91 Å². The van der Waals surface area contributed by atoms with Crippen LogP contribution >= 0.6 is 0 Å².